The lowest BCUT2D eigenvalue weighted by molar-refractivity contribution is -0.127. The Bertz CT molecular complexity index is 601. The minimum absolute atomic E-state index is 0.102. The lowest BCUT2D eigenvalue weighted by Crippen LogP contribution is -2.36. The number of carbonyl (C=O) groups excluding carboxylic acids is 1. The van der Waals surface area contributed by atoms with Gasteiger partial charge in [0.1, 0.15) is 15.8 Å². The second-order valence-electron chi connectivity index (χ2n) is 4.58. The standard InChI is InChI=1S/C14H15N3O2S/c1-2-12-16-17-13(20-12)8-15-14(18)11-7-9-5-3-4-6-10(9)19-11/h3-6,11H,2,7-8H2,1H3,(H,15,18). The number of hydrogen-bond acceptors (Lipinski definition) is 5. The van der Waals surface area contributed by atoms with Gasteiger partial charge in [-0.05, 0) is 18.1 Å². The molecule has 3 rings (SSSR count). The molecule has 1 aromatic heterocycles. The summed E-state index contributed by atoms with van der Waals surface area (Å²) in [4.78, 5) is 12.1. The van der Waals surface area contributed by atoms with E-state index in [1.165, 1.54) is 11.3 Å². The number of nitrogens with one attached hydrogen (secondary N) is 1. The van der Waals surface area contributed by atoms with Crippen molar-refractivity contribution < 1.29 is 9.53 Å². The van der Waals surface area contributed by atoms with Gasteiger partial charge in [-0.1, -0.05) is 36.5 Å². The number of fused-ring (bicyclic) bond motifs is 1. The number of nitrogens with zero attached hydrogens (tertiary/aromatic N) is 2. The van der Waals surface area contributed by atoms with Crippen LogP contribution in [0.4, 0.5) is 0 Å². The zero-order valence-electron chi connectivity index (χ0n) is 11.1. The van der Waals surface area contributed by atoms with Gasteiger partial charge in [-0.15, -0.1) is 10.2 Å². The molecule has 1 aromatic carbocycles. The molecular formula is C14H15N3O2S. The number of carbonyl (C=O) groups is 1. The number of aryl methyl sites for hydroxylation is 1. The number of para-hydroxylation sites is 1. The van der Waals surface area contributed by atoms with Crippen LogP contribution in [0, 0.1) is 0 Å². The summed E-state index contributed by atoms with van der Waals surface area (Å²) in [5, 5.41) is 12.7. The van der Waals surface area contributed by atoms with Crippen molar-refractivity contribution in [1.29, 1.82) is 0 Å². The highest BCUT2D eigenvalue weighted by atomic mass is 32.1. The molecule has 0 bridgehead atoms. The number of rotatable bonds is 4. The molecule has 20 heavy (non-hydrogen) atoms. The average Bonchev–Trinajstić information content (AvgIpc) is 3.10. The molecule has 0 aliphatic carbocycles. The van der Waals surface area contributed by atoms with Gasteiger partial charge in [0.25, 0.3) is 5.91 Å². The molecule has 5 nitrogen and oxygen atoms in total. The van der Waals surface area contributed by atoms with E-state index in [0.29, 0.717) is 13.0 Å². The molecule has 1 aliphatic heterocycles. The van der Waals surface area contributed by atoms with Crippen LogP contribution in [0.3, 0.4) is 0 Å². The molecule has 1 atom stereocenters. The van der Waals surface area contributed by atoms with E-state index >= 15 is 0 Å². The van der Waals surface area contributed by atoms with E-state index < -0.39 is 6.10 Å². The Labute approximate surface area is 121 Å². The van der Waals surface area contributed by atoms with Crippen LogP contribution in [0.15, 0.2) is 24.3 Å². The molecule has 0 fully saturated rings. The van der Waals surface area contributed by atoms with Crippen LogP contribution in [-0.4, -0.2) is 22.2 Å². The monoisotopic (exact) mass is 289 g/mol. The number of hydrogen-bond donors (Lipinski definition) is 1. The fourth-order valence-corrected chi connectivity index (χ4v) is 2.83. The van der Waals surface area contributed by atoms with E-state index in [0.717, 1.165) is 27.7 Å². The third-order valence-corrected chi connectivity index (χ3v) is 4.23. The van der Waals surface area contributed by atoms with Crippen LogP contribution >= 0.6 is 11.3 Å². The molecule has 2 heterocycles. The number of aromatic nitrogens is 2. The zero-order valence-corrected chi connectivity index (χ0v) is 11.9. The van der Waals surface area contributed by atoms with Crippen molar-refractivity contribution in [3.05, 3.63) is 39.8 Å². The first-order valence-electron chi connectivity index (χ1n) is 6.60. The van der Waals surface area contributed by atoms with Gasteiger partial charge in [-0.2, -0.15) is 0 Å². The number of ether oxygens (including phenoxy) is 1. The zero-order chi connectivity index (χ0) is 13.9. The third kappa shape index (κ3) is 2.65. The molecule has 1 N–H and O–H groups in total. The van der Waals surface area contributed by atoms with Gasteiger partial charge in [0, 0.05) is 6.42 Å². The Morgan fingerprint density at radius 2 is 2.20 bits per heavy atom. The Hall–Kier alpha value is -1.95. The second kappa shape index (κ2) is 5.58. The van der Waals surface area contributed by atoms with E-state index in [1.54, 1.807) is 0 Å². The molecule has 0 spiro atoms. The quantitative estimate of drug-likeness (QED) is 0.931. The van der Waals surface area contributed by atoms with Gasteiger partial charge < -0.3 is 10.1 Å². The predicted octanol–water partition coefficient (Wildman–Crippen LogP) is 1.72. The van der Waals surface area contributed by atoms with Crippen LogP contribution < -0.4 is 10.1 Å². The van der Waals surface area contributed by atoms with Gasteiger partial charge in [-0.25, -0.2) is 0 Å². The van der Waals surface area contributed by atoms with Crippen molar-refractivity contribution in [3.63, 3.8) is 0 Å². The summed E-state index contributed by atoms with van der Waals surface area (Å²) in [5.41, 5.74) is 1.08. The molecule has 0 saturated heterocycles. The van der Waals surface area contributed by atoms with Gasteiger partial charge >= 0.3 is 0 Å². The first kappa shape index (κ1) is 13.1. The highest BCUT2D eigenvalue weighted by molar-refractivity contribution is 7.11. The van der Waals surface area contributed by atoms with Crippen LogP contribution in [0.1, 0.15) is 22.5 Å². The first-order chi connectivity index (χ1) is 9.76. The van der Waals surface area contributed by atoms with Crippen molar-refractivity contribution in [2.24, 2.45) is 0 Å². The fourth-order valence-electron chi connectivity index (χ4n) is 2.11. The highest BCUT2D eigenvalue weighted by Crippen LogP contribution is 2.28. The molecule has 1 unspecified atom stereocenters. The van der Waals surface area contributed by atoms with Gasteiger partial charge in [0.15, 0.2) is 6.10 Å². The summed E-state index contributed by atoms with van der Waals surface area (Å²) in [5.74, 6) is 0.700. The molecular weight excluding hydrogens is 274 g/mol. The minimum Gasteiger partial charge on any atom is -0.480 e. The Balaban J connectivity index is 1.56. The summed E-state index contributed by atoms with van der Waals surface area (Å²) < 4.78 is 5.64. The summed E-state index contributed by atoms with van der Waals surface area (Å²) in [6.45, 7) is 2.44. The largest absolute Gasteiger partial charge is 0.480 e. The van der Waals surface area contributed by atoms with E-state index in [-0.39, 0.29) is 5.91 Å². The van der Waals surface area contributed by atoms with Crippen molar-refractivity contribution in [3.8, 4) is 5.75 Å². The maximum atomic E-state index is 12.1. The number of benzene rings is 1. The Kier molecular flexibility index (Phi) is 3.64. The van der Waals surface area contributed by atoms with Crippen molar-refractivity contribution in [2.45, 2.75) is 32.4 Å². The Morgan fingerprint density at radius 3 is 2.95 bits per heavy atom. The van der Waals surface area contributed by atoms with Crippen molar-refractivity contribution >= 4 is 17.2 Å². The highest BCUT2D eigenvalue weighted by Gasteiger charge is 2.28. The topological polar surface area (TPSA) is 64.1 Å². The summed E-state index contributed by atoms with van der Waals surface area (Å²) in [6.07, 6.45) is 1.05. The molecule has 104 valence electrons. The normalized spacial score (nSPS) is 16.6. The smallest absolute Gasteiger partial charge is 0.261 e. The van der Waals surface area contributed by atoms with Crippen LogP contribution in [0.2, 0.25) is 0 Å². The summed E-state index contributed by atoms with van der Waals surface area (Å²) >= 11 is 1.53. The second-order valence-corrected chi connectivity index (χ2v) is 5.73. The van der Waals surface area contributed by atoms with Crippen LogP contribution in [-0.2, 0) is 24.2 Å². The lowest BCUT2D eigenvalue weighted by atomic mass is 10.1. The molecule has 0 saturated carbocycles. The van der Waals surface area contributed by atoms with Crippen molar-refractivity contribution in [1.82, 2.24) is 15.5 Å². The molecule has 1 aliphatic rings. The summed E-state index contributed by atoms with van der Waals surface area (Å²) in [6, 6.07) is 7.74. The maximum Gasteiger partial charge on any atom is 0.261 e. The van der Waals surface area contributed by atoms with E-state index in [4.69, 9.17) is 4.74 Å². The third-order valence-electron chi connectivity index (χ3n) is 3.16. The summed E-state index contributed by atoms with van der Waals surface area (Å²) in [7, 11) is 0. The van der Waals surface area contributed by atoms with Gasteiger partial charge in [0.05, 0.1) is 6.54 Å². The minimum atomic E-state index is -0.439. The van der Waals surface area contributed by atoms with Crippen LogP contribution in [0.25, 0.3) is 0 Å². The van der Waals surface area contributed by atoms with E-state index in [9.17, 15) is 4.79 Å². The molecule has 1 amide bonds. The van der Waals surface area contributed by atoms with Gasteiger partial charge in [0.2, 0.25) is 0 Å². The number of amides is 1. The fraction of sp³-hybridized carbons (Fsp3) is 0.357. The Morgan fingerprint density at radius 1 is 1.40 bits per heavy atom. The van der Waals surface area contributed by atoms with E-state index in [2.05, 4.69) is 15.5 Å². The van der Waals surface area contributed by atoms with Crippen molar-refractivity contribution in [2.75, 3.05) is 0 Å². The average molecular weight is 289 g/mol. The lowest BCUT2D eigenvalue weighted by Gasteiger charge is -2.10. The van der Waals surface area contributed by atoms with Crippen LogP contribution in [0.5, 0.6) is 5.75 Å². The predicted molar refractivity (Wildman–Crippen MR) is 75.7 cm³/mol. The van der Waals surface area contributed by atoms with E-state index in [1.807, 2.05) is 31.2 Å². The SMILES string of the molecule is CCc1nnc(CNC(=O)C2Cc3ccccc3O2)s1. The first-order valence-corrected chi connectivity index (χ1v) is 7.41. The van der Waals surface area contributed by atoms with Gasteiger partial charge in [-0.3, -0.25) is 4.79 Å². The molecule has 2 aromatic rings. The molecule has 6 heteroatoms. The maximum absolute atomic E-state index is 12.1. The molecule has 0 radical (unpaired) electrons.